The van der Waals surface area contributed by atoms with Gasteiger partial charge in [-0.1, -0.05) is 92.2 Å². The summed E-state index contributed by atoms with van der Waals surface area (Å²) in [5.74, 6) is 0.908. The first-order valence-corrected chi connectivity index (χ1v) is 9.95. The zero-order chi connectivity index (χ0) is 18.4. The molecule has 0 unspecified atom stereocenters. The van der Waals surface area contributed by atoms with Gasteiger partial charge in [-0.25, -0.2) is 0 Å². The van der Waals surface area contributed by atoms with Crippen molar-refractivity contribution in [2.75, 3.05) is 0 Å². The fraction of sp³-hybridized carbons (Fsp3) is 0.308. The molecule has 0 radical (unpaired) electrons. The molecular formula is C26H30. The van der Waals surface area contributed by atoms with Gasteiger partial charge in [0.05, 0.1) is 0 Å². The first kappa shape index (κ1) is 18.5. The summed E-state index contributed by atoms with van der Waals surface area (Å²) in [5, 5.41) is 0. The Bertz CT molecular complexity index is 805. The summed E-state index contributed by atoms with van der Waals surface area (Å²) >= 11 is 0. The second-order valence-electron chi connectivity index (χ2n) is 7.24. The van der Waals surface area contributed by atoms with Crippen molar-refractivity contribution >= 4 is 0 Å². The first-order valence-electron chi connectivity index (χ1n) is 9.95. The molecule has 0 bridgehead atoms. The average Bonchev–Trinajstić information content (AvgIpc) is 3.54. The van der Waals surface area contributed by atoms with E-state index in [-0.39, 0.29) is 0 Å². The molecule has 1 fully saturated rings. The van der Waals surface area contributed by atoms with Crippen LogP contribution < -0.4 is 0 Å². The molecule has 0 heterocycles. The summed E-state index contributed by atoms with van der Waals surface area (Å²) in [6, 6.07) is 26.3. The van der Waals surface area contributed by atoms with Crippen molar-refractivity contribution in [2.24, 2.45) is 0 Å². The maximum absolute atomic E-state index is 2.29. The van der Waals surface area contributed by atoms with Crippen molar-refractivity contribution in [1.82, 2.24) is 0 Å². The zero-order valence-corrected chi connectivity index (χ0v) is 16.3. The molecule has 0 amide bonds. The van der Waals surface area contributed by atoms with Crippen LogP contribution in [-0.2, 0) is 12.8 Å². The molecular weight excluding hydrogens is 312 g/mol. The number of hydrogen-bond donors (Lipinski definition) is 0. The third kappa shape index (κ3) is 4.85. The lowest BCUT2D eigenvalue weighted by atomic mass is 10.0. The zero-order valence-electron chi connectivity index (χ0n) is 16.3. The van der Waals surface area contributed by atoms with Crippen LogP contribution in [0.25, 0.3) is 11.1 Å². The highest BCUT2D eigenvalue weighted by Gasteiger charge is 2.24. The molecule has 0 N–H and O–H groups in total. The standard InChI is InChI=1S/C15H16.C11H14/c1-3-13-6-10-15(11-7-13)14-8-4-12(2)5-9-14;1-2-9-5-3-4-6-11(9)10-7-8-10/h4-11H,3H2,1-2H3;3-6,10H,2,7-8H2,1H3. The minimum atomic E-state index is 0.908. The summed E-state index contributed by atoms with van der Waals surface area (Å²) in [5.41, 5.74) is 8.45. The van der Waals surface area contributed by atoms with Gasteiger partial charge in [-0.2, -0.15) is 0 Å². The van der Waals surface area contributed by atoms with Gasteiger partial charge in [0, 0.05) is 0 Å². The Morgan fingerprint density at radius 3 is 1.81 bits per heavy atom. The van der Waals surface area contributed by atoms with Crippen LogP contribution in [0, 0.1) is 6.92 Å². The minimum Gasteiger partial charge on any atom is -0.0620 e. The second kappa shape index (κ2) is 8.85. The smallest absolute Gasteiger partial charge is 0.0159 e. The molecule has 1 saturated carbocycles. The Hall–Kier alpha value is -2.34. The third-order valence-electron chi connectivity index (χ3n) is 5.20. The molecule has 1 aliphatic carbocycles. The van der Waals surface area contributed by atoms with Gasteiger partial charge in [-0.15, -0.1) is 0 Å². The largest absolute Gasteiger partial charge is 0.0620 e. The van der Waals surface area contributed by atoms with Crippen LogP contribution in [0.15, 0.2) is 72.8 Å². The maximum atomic E-state index is 2.29. The van der Waals surface area contributed by atoms with Crippen LogP contribution >= 0.6 is 0 Å². The fourth-order valence-corrected chi connectivity index (χ4v) is 3.33. The molecule has 3 aromatic carbocycles. The van der Waals surface area contributed by atoms with Gasteiger partial charge >= 0.3 is 0 Å². The quantitative estimate of drug-likeness (QED) is 0.465. The minimum absolute atomic E-state index is 0.908. The lowest BCUT2D eigenvalue weighted by Gasteiger charge is -2.04. The van der Waals surface area contributed by atoms with Gasteiger partial charge in [0.25, 0.3) is 0 Å². The van der Waals surface area contributed by atoms with Crippen molar-refractivity contribution in [3.8, 4) is 11.1 Å². The molecule has 134 valence electrons. The lowest BCUT2D eigenvalue weighted by molar-refractivity contribution is 1.03. The van der Waals surface area contributed by atoms with E-state index in [1.165, 1.54) is 41.5 Å². The van der Waals surface area contributed by atoms with Crippen LogP contribution in [0.1, 0.15) is 54.9 Å². The van der Waals surface area contributed by atoms with Crippen molar-refractivity contribution in [3.63, 3.8) is 0 Å². The van der Waals surface area contributed by atoms with E-state index < -0.39 is 0 Å². The van der Waals surface area contributed by atoms with Crippen molar-refractivity contribution in [3.05, 3.63) is 95.1 Å². The third-order valence-corrected chi connectivity index (χ3v) is 5.20. The van der Waals surface area contributed by atoms with Crippen LogP contribution in [0.5, 0.6) is 0 Å². The van der Waals surface area contributed by atoms with E-state index in [0.717, 1.165) is 12.3 Å². The first-order chi connectivity index (χ1) is 12.7. The van der Waals surface area contributed by atoms with E-state index in [1.54, 1.807) is 11.1 Å². The number of rotatable bonds is 4. The Morgan fingerprint density at radius 2 is 1.27 bits per heavy atom. The van der Waals surface area contributed by atoms with Gasteiger partial charge < -0.3 is 0 Å². The summed E-state index contributed by atoms with van der Waals surface area (Å²) < 4.78 is 0. The molecule has 0 spiro atoms. The van der Waals surface area contributed by atoms with Gasteiger partial charge in [0.2, 0.25) is 0 Å². The Morgan fingerprint density at radius 1 is 0.692 bits per heavy atom. The van der Waals surface area contributed by atoms with Gasteiger partial charge in [0.15, 0.2) is 0 Å². The Labute approximate surface area is 158 Å². The molecule has 0 atom stereocenters. The number of aryl methyl sites for hydroxylation is 3. The molecule has 0 nitrogen and oxygen atoms in total. The molecule has 4 rings (SSSR count). The predicted octanol–water partition coefficient (Wildman–Crippen LogP) is 7.35. The van der Waals surface area contributed by atoms with Crippen molar-refractivity contribution < 1.29 is 0 Å². The SMILES string of the molecule is CCc1ccc(-c2ccc(C)cc2)cc1.CCc1ccccc1C1CC1. The second-order valence-corrected chi connectivity index (χ2v) is 7.24. The highest BCUT2D eigenvalue weighted by molar-refractivity contribution is 5.63. The summed E-state index contributed by atoms with van der Waals surface area (Å²) in [6.45, 7) is 6.53. The van der Waals surface area contributed by atoms with Crippen LogP contribution in [0.4, 0.5) is 0 Å². The topological polar surface area (TPSA) is 0 Å². The number of benzene rings is 3. The molecule has 0 aromatic heterocycles. The van der Waals surface area contributed by atoms with E-state index in [4.69, 9.17) is 0 Å². The molecule has 0 aliphatic heterocycles. The molecule has 26 heavy (non-hydrogen) atoms. The molecule has 0 saturated heterocycles. The van der Waals surface area contributed by atoms with Crippen LogP contribution in [0.2, 0.25) is 0 Å². The van der Waals surface area contributed by atoms with E-state index in [1.807, 2.05) is 0 Å². The van der Waals surface area contributed by atoms with E-state index in [9.17, 15) is 0 Å². The maximum Gasteiger partial charge on any atom is -0.0159 e. The average molecular weight is 343 g/mol. The lowest BCUT2D eigenvalue weighted by Crippen LogP contribution is -1.88. The number of hydrogen-bond acceptors (Lipinski definition) is 0. The highest BCUT2D eigenvalue weighted by Crippen LogP contribution is 2.41. The Kier molecular flexibility index (Phi) is 6.28. The van der Waals surface area contributed by atoms with Crippen LogP contribution in [0.3, 0.4) is 0 Å². The molecule has 0 heteroatoms. The van der Waals surface area contributed by atoms with Gasteiger partial charge in [-0.05, 0) is 66.3 Å². The summed E-state index contributed by atoms with van der Waals surface area (Å²) in [7, 11) is 0. The summed E-state index contributed by atoms with van der Waals surface area (Å²) in [6.07, 6.45) is 5.12. The normalized spacial score (nSPS) is 13.0. The van der Waals surface area contributed by atoms with Gasteiger partial charge in [-0.3, -0.25) is 0 Å². The summed E-state index contributed by atoms with van der Waals surface area (Å²) in [4.78, 5) is 0. The van der Waals surface area contributed by atoms with E-state index in [2.05, 4.69) is 93.6 Å². The van der Waals surface area contributed by atoms with Crippen LogP contribution in [-0.4, -0.2) is 0 Å². The van der Waals surface area contributed by atoms with E-state index in [0.29, 0.717) is 0 Å². The predicted molar refractivity (Wildman–Crippen MR) is 114 cm³/mol. The Balaban J connectivity index is 0.000000158. The highest BCUT2D eigenvalue weighted by atomic mass is 14.3. The monoisotopic (exact) mass is 342 g/mol. The van der Waals surface area contributed by atoms with Crippen molar-refractivity contribution in [1.29, 1.82) is 0 Å². The van der Waals surface area contributed by atoms with Gasteiger partial charge in [0.1, 0.15) is 0 Å². The fourth-order valence-electron chi connectivity index (χ4n) is 3.33. The van der Waals surface area contributed by atoms with E-state index >= 15 is 0 Å². The van der Waals surface area contributed by atoms with Crippen molar-refractivity contribution in [2.45, 2.75) is 52.4 Å². The molecule has 1 aliphatic rings. The molecule has 3 aromatic rings.